The maximum Gasteiger partial charge on any atom is 0.250 e. The molecule has 14 heavy (non-hydrogen) atoms. The minimum absolute atomic E-state index is 0.125. The highest BCUT2D eigenvalue weighted by atomic mass is 32.2. The summed E-state index contributed by atoms with van der Waals surface area (Å²) in [6.07, 6.45) is 0.761. The van der Waals surface area contributed by atoms with E-state index in [-0.39, 0.29) is 10.8 Å². The van der Waals surface area contributed by atoms with Crippen LogP contribution in [0.3, 0.4) is 0 Å². The summed E-state index contributed by atoms with van der Waals surface area (Å²) in [6, 6.07) is 1.49. The normalized spacial score (nSPS) is 11.9. The summed E-state index contributed by atoms with van der Waals surface area (Å²) >= 11 is 1.12. The molecule has 0 aromatic carbocycles. The Morgan fingerprint density at radius 2 is 2.29 bits per heavy atom. The van der Waals surface area contributed by atoms with Crippen molar-refractivity contribution < 1.29 is 13.5 Å². The summed E-state index contributed by atoms with van der Waals surface area (Å²) in [6.45, 7) is 2.21. The zero-order valence-corrected chi connectivity index (χ0v) is 9.49. The van der Waals surface area contributed by atoms with E-state index in [4.69, 9.17) is 5.11 Å². The first-order chi connectivity index (χ1) is 6.60. The highest BCUT2D eigenvalue weighted by Gasteiger charge is 2.15. The molecule has 0 radical (unpaired) electrons. The fourth-order valence-corrected chi connectivity index (χ4v) is 3.26. The Hall–Kier alpha value is -0.430. The van der Waals surface area contributed by atoms with E-state index >= 15 is 0 Å². The van der Waals surface area contributed by atoms with E-state index in [1.807, 2.05) is 6.92 Å². The molecule has 80 valence electrons. The van der Waals surface area contributed by atoms with Gasteiger partial charge in [0.1, 0.15) is 4.21 Å². The number of hydrogen-bond acceptors (Lipinski definition) is 4. The number of sulfonamides is 1. The second-order valence-corrected chi connectivity index (χ2v) is 5.73. The van der Waals surface area contributed by atoms with Gasteiger partial charge in [-0.15, -0.1) is 11.3 Å². The second kappa shape index (κ2) is 4.88. The predicted octanol–water partition coefficient (Wildman–Crippen LogP) is 0.929. The summed E-state index contributed by atoms with van der Waals surface area (Å²) in [7, 11) is -3.35. The van der Waals surface area contributed by atoms with Crippen LogP contribution in [0.2, 0.25) is 0 Å². The molecule has 0 bridgehead atoms. The third kappa shape index (κ3) is 2.78. The number of thiophene rings is 1. The first-order valence-electron chi connectivity index (χ1n) is 4.28. The van der Waals surface area contributed by atoms with Gasteiger partial charge < -0.3 is 5.11 Å². The second-order valence-electron chi connectivity index (χ2n) is 2.83. The molecule has 0 unspecified atom stereocenters. The van der Waals surface area contributed by atoms with Crippen molar-refractivity contribution in [1.29, 1.82) is 0 Å². The van der Waals surface area contributed by atoms with E-state index in [2.05, 4.69) is 4.72 Å². The molecule has 0 saturated carbocycles. The summed E-state index contributed by atoms with van der Waals surface area (Å²) < 4.78 is 25.8. The summed E-state index contributed by atoms with van der Waals surface area (Å²) in [5.74, 6) is 0. The summed E-state index contributed by atoms with van der Waals surface area (Å²) in [5.41, 5.74) is 0.631. The Morgan fingerprint density at radius 1 is 1.57 bits per heavy atom. The lowest BCUT2D eigenvalue weighted by Gasteiger charge is -2.01. The minimum Gasteiger partial charge on any atom is -0.392 e. The fourth-order valence-electron chi connectivity index (χ4n) is 0.885. The molecule has 0 aliphatic rings. The molecule has 6 heteroatoms. The Balaban J connectivity index is 2.81. The zero-order valence-electron chi connectivity index (χ0n) is 7.86. The lowest BCUT2D eigenvalue weighted by Crippen LogP contribution is -2.23. The van der Waals surface area contributed by atoms with Crippen LogP contribution in [0.5, 0.6) is 0 Å². The molecule has 1 rings (SSSR count). The van der Waals surface area contributed by atoms with E-state index in [0.29, 0.717) is 12.1 Å². The molecule has 1 heterocycles. The highest BCUT2D eigenvalue weighted by Crippen LogP contribution is 2.19. The van der Waals surface area contributed by atoms with Crippen LogP contribution in [0.15, 0.2) is 15.7 Å². The lowest BCUT2D eigenvalue weighted by atomic mass is 10.4. The number of aliphatic hydroxyl groups excluding tert-OH is 1. The van der Waals surface area contributed by atoms with Gasteiger partial charge in [-0.05, 0) is 23.4 Å². The Bertz CT molecular complexity index is 383. The average molecular weight is 235 g/mol. The van der Waals surface area contributed by atoms with Crippen LogP contribution in [0.1, 0.15) is 18.9 Å². The first-order valence-corrected chi connectivity index (χ1v) is 6.64. The van der Waals surface area contributed by atoms with Gasteiger partial charge in [-0.3, -0.25) is 0 Å². The standard InChI is InChI=1S/C8H13NO3S2/c1-2-3-9-14(11,12)8-4-7(5-10)6-13-8/h4,6,9-10H,2-3,5H2,1H3. The van der Waals surface area contributed by atoms with Crippen LogP contribution in [0.4, 0.5) is 0 Å². The van der Waals surface area contributed by atoms with Crippen LogP contribution in [0, 0.1) is 0 Å². The van der Waals surface area contributed by atoms with Crippen molar-refractivity contribution in [2.24, 2.45) is 0 Å². The molecular formula is C8H13NO3S2. The van der Waals surface area contributed by atoms with Crippen molar-refractivity contribution in [3.63, 3.8) is 0 Å². The molecule has 2 N–H and O–H groups in total. The Morgan fingerprint density at radius 3 is 2.79 bits per heavy atom. The van der Waals surface area contributed by atoms with Crippen molar-refractivity contribution in [2.45, 2.75) is 24.2 Å². The summed E-state index contributed by atoms with van der Waals surface area (Å²) in [4.78, 5) is 0. The minimum atomic E-state index is -3.35. The van der Waals surface area contributed by atoms with Crippen molar-refractivity contribution in [3.05, 3.63) is 17.0 Å². The van der Waals surface area contributed by atoms with E-state index in [0.717, 1.165) is 17.8 Å². The van der Waals surface area contributed by atoms with Crippen LogP contribution in [-0.2, 0) is 16.6 Å². The largest absolute Gasteiger partial charge is 0.392 e. The maximum atomic E-state index is 11.5. The van der Waals surface area contributed by atoms with E-state index < -0.39 is 10.0 Å². The molecule has 0 fully saturated rings. The van der Waals surface area contributed by atoms with E-state index in [9.17, 15) is 8.42 Å². The molecule has 4 nitrogen and oxygen atoms in total. The Kier molecular flexibility index (Phi) is 4.06. The molecular weight excluding hydrogens is 222 g/mol. The lowest BCUT2D eigenvalue weighted by molar-refractivity contribution is 0.282. The van der Waals surface area contributed by atoms with Gasteiger partial charge in [-0.2, -0.15) is 0 Å². The van der Waals surface area contributed by atoms with Gasteiger partial charge in [0.2, 0.25) is 10.0 Å². The van der Waals surface area contributed by atoms with Crippen molar-refractivity contribution >= 4 is 21.4 Å². The van der Waals surface area contributed by atoms with Gasteiger partial charge >= 0.3 is 0 Å². The molecule has 0 atom stereocenters. The molecule has 0 amide bonds. The number of rotatable bonds is 5. The number of hydrogen-bond donors (Lipinski definition) is 2. The molecule has 1 aromatic heterocycles. The molecule has 0 spiro atoms. The highest BCUT2D eigenvalue weighted by molar-refractivity contribution is 7.91. The topological polar surface area (TPSA) is 66.4 Å². The van der Waals surface area contributed by atoms with Crippen LogP contribution >= 0.6 is 11.3 Å². The average Bonchev–Trinajstić information content (AvgIpc) is 2.63. The molecule has 0 aliphatic carbocycles. The van der Waals surface area contributed by atoms with Crippen LogP contribution in [0.25, 0.3) is 0 Å². The van der Waals surface area contributed by atoms with Gasteiger partial charge in [-0.25, -0.2) is 13.1 Å². The third-order valence-electron chi connectivity index (χ3n) is 1.62. The van der Waals surface area contributed by atoms with Gasteiger partial charge in [0, 0.05) is 6.54 Å². The quantitative estimate of drug-likeness (QED) is 0.798. The predicted molar refractivity (Wildman–Crippen MR) is 55.7 cm³/mol. The van der Waals surface area contributed by atoms with Crippen molar-refractivity contribution in [2.75, 3.05) is 6.54 Å². The van der Waals surface area contributed by atoms with E-state index in [1.54, 1.807) is 5.38 Å². The molecule has 0 aliphatic heterocycles. The first kappa shape index (κ1) is 11.6. The number of aliphatic hydroxyl groups is 1. The van der Waals surface area contributed by atoms with Gasteiger partial charge in [-0.1, -0.05) is 6.92 Å². The van der Waals surface area contributed by atoms with Crippen molar-refractivity contribution in [1.82, 2.24) is 4.72 Å². The smallest absolute Gasteiger partial charge is 0.250 e. The van der Waals surface area contributed by atoms with Crippen LogP contribution < -0.4 is 4.72 Å². The van der Waals surface area contributed by atoms with Crippen molar-refractivity contribution in [3.8, 4) is 0 Å². The number of nitrogens with one attached hydrogen (secondary N) is 1. The van der Waals surface area contributed by atoms with Gasteiger partial charge in [0.25, 0.3) is 0 Å². The molecule has 0 saturated heterocycles. The van der Waals surface area contributed by atoms with Gasteiger partial charge in [0.15, 0.2) is 0 Å². The third-order valence-corrected chi connectivity index (χ3v) is 4.57. The Labute approximate surface area is 87.6 Å². The monoisotopic (exact) mass is 235 g/mol. The summed E-state index contributed by atoms with van der Waals surface area (Å²) in [5, 5.41) is 10.4. The SMILES string of the molecule is CCCNS(=O)(=O)c1cc(CO)cs1. The molecule has 1 aromatic rings. The fraction of sp³-hybridized carbons (Fsp3) is 0.500. The zero-order chi connectivity index (χ0) is 10.6. The maximum absolute atomic E-state index is 11.5. The van der Waals surface area contributed by atoms with Gasteiger partial charge in [0.05, 0.1) is 6.61 Å². The van der Waals surface area contributed by atoms with Crippen LogP contribution in [-0.4, -0.2) is 20.1 Å². The van der Waals surface area contributed by atoms with E-state index in [1.165, 1.54) is 6.07 Å².